The number of rotatable bonds is 7. The highest BCUT2D eigenvalue weighted by Crippen LogP contribution is 2.62. The average Bonchev–Trinajstić information content (AvgIpc) is 2.96. The molecule has 4 bridgehead atoms. The van der Waals surface area contributed by atoms with Gasteiger partial charge in [0, 0.05) is 29.8 Å². The fourth-order valence-electron chi connectivity index (χ4n) is 7.64. The van der Waals surface area contributed by atoms with Crippen LogP contribution in [0, 0.1) is 41.1 Å². The number of hydrogen-bond donors (Lipinski definition) is 3. The first kappa shape index (κ1) is 27.3. The molecule has 0 saturated heterocycles. The summed E-state index contributed by atoms with van der Waals surface area (Å²) in [6.45, 7) is 0. The Hall–Kier alpha value is -4.53. The largest absolute Gasteiger partial charge is 0.457 e. The Morgan fingerprint density at radius 1 is 0.488 bits per heavy atom. The van der Waals surface area contributed by atoms with E-state index in [1.165, 1.54) is 86.7 Å². The summed E-state index contributed by atoms with van der Waals surface area (Å²) in [5.74, 6) is 3.17. The summed E-state index contributed by atoms with van der Waals surface area (Å²) in [5.41, 5.74) is 18.3. The van der Waals surface area contributed by atoms with Crippen molar-refractivity contribution in [3.8, 4) is 34.5 Å². The molecule has 0 aliphatic heterocycles. The summed E-state index contributed by atoms with van der Waals surface area (Å²) in [5, 5.41) is 0. The summed E-state index contributed by atoms with van der Waals surface area (Å²) in [7, 11) is 0. The Bertz CT molecular complexity index is 1680. The Kier molecular flexibility index (Phi) is 6.75. The molecule has 4 aromatic carbocycles. The minimum Gasteiger partial charge on any atom is -0.457 e. The molecule has 6 nitrogen and oxygen atoms in total. The molecule has 0 unspecified atom stereocenters. The van der Waals surface area contributed by atoms with Crippen LogP contribution in [0.5, 0.6) is 34.5 Å². The fraction of sp³-hybridized carbons (Fsp3) is 0.294. The number of anilines is 3. The first-order valence-electron chi connectivity index (χ1n) is 14.6. The number of halogens is 3. The molecule has 0 radical (unpaired) electrons. The van der Waals surface area contributed by atoms with Crippen molar-refractivity contribution in [2.24, 2.45) is 23.7 Å². The lowest BCUT2D eigenvalue weighted by atomic mass is 9.50. The maximum atomic E-state index is 14.0. The number of benzene rings is 4. The van der Waals surface area contributed by atoms with Crippen LogP contribution in [0.4, 0.5) is 30.2 Å². The number of nitrogens with two attached hydrogens (primary N) is 3. The van der Waals surface area contributed by atoms with Crippen molar-refractivity contribution in [1.82, 2.24) is 0 Å². The highest BCUT2D eigenvalue weighted by molar-refractivity contribution is 5.58. The monoisotopic (exact) mass is 587 g/mol. The minimum atomic E-state index is -0.569. The first-order chi connectivity index (χ1) is 20.7. The molecule has 0 atom stereocenters. The third-order valence-electron chi connectivity index (χ3n) is 9.25. The van der Waals surface area contributed by atoms with Crippen LogP contribution >= 0.6 is 0 Å². The SMILES string of the molecule is Nc1cc(Oc2cc(Oc3ccc(F)c(N)c3)c(C3C4CC5CC(C4)CC3C5)cc2Oc2ccc(F)c(N)c2)ccc1F. The maximum absolute atomic E-state index is 14.0. The maximum Gasteiger partial charge on any atom is 0.173 e. The summed E-state index contributed by atoms with van der Waals surface area (Å²) in [6, 6.07) is 16.1. The zero-order valence-corrected chi connectivity index (χ0v) is 23.4. The van der Waals surface area contributed by atoms with Crippen LogP contribution in [-0.4, -0.2) is 0 Å². The van der Waals surface area contributed by atoms with Gasteiger partial charge in [0.15, 0.2) is 11.5 Å². The molecule has 43 heavy (non-hydrogen) atoms. The zero-order chi connectivity index (χ0) is 29.8. The van der Waals surface area contributed by atoms with E-state index in [9.17, 15) is 13.2 Å². The van der Waals surface area contributed by atoms with Gasteiger partial charge in [-0.15, -0.1) is 0 Å². The van der Waals surface area contributed by atoms with Gasteiger partial charge in [0.1, 0.15) is 40.4 Å². The lowest BCUT2D eigenvalue weighted by molar-refractivity contribution is -0.00341. The van der Waals surface area contributed by atoms with Crippen molar-refractivity contribution in [1.29, 1.82) is 0 Å². The minimum absolute atomic E-state index is 0.0270. The molecule has 4 aromatic rings. The number of ether oxygens (including phenoxy) is 3. The average molecular weight is 588 g/mol. The Morgan fingerprint density at radius 2 is 0.884 bits per heavy atom. The van der Waals surface area contributed by atoms with E-state index < -0.39 is 17.5 Å². The topological polar surface area (TPSA) is 106 Å². The smallest absolute Gasteiger partial charge is 0.173 e. The van der Waals surface area contributed by atoms with Gasteiger partial charge in [-0.3, -0.25) is 0 Å². The number of nitrogen functional groups attached to an aromatic ring is 3. The normalized spacial score (nSPS) is 23.7. The van der Waals surface area contributed by atoms with E-state index in [1.807, 2.05) is 6.07 Å². The highest BCUT2D eigenvalue weighted by Gasteiger charge is 2.49. The van der Waals surface area contributed by atoms with Crippen LogP contribution in [-0.2, 0) is 0 Å². The highest BCUT2D eigenvalue weighted by atomic mass is 19.1. The van der Waals surface area contributed by atoms with Gasteiger partial charge in [-0.05, 0) is 104 Å². The van der Waals surface area contributed by atoms with Crippen LogP contribution < -0.4 is 31.4 Å². The van der Waals surface area contributed by atoms with Crippen LogP contribution in [0.15, 0.2) is 66.7 Å². The van der Waals surface area contributed by atoms with E-state index >= 15 is 0 Å². The van der Waals surface area contributed by atoms with Crippen molar-refractivity contribution in [3.63, 3.8) is 0 Å². The molecule has 0 amide bonds. The van der Waals surface area contributed by atoms with Crippen molar-refractivity contribution < 1.29 is 27.4 Å². The molecule has 8 rings (SSSR count). The van der Waals surface area contributed by atoms with Gasteiger partial charge in [-0.25, -0.2) is 13.2 Å². The molecule has 4 saturated carbocycles. The Balaban J connectivity index is 1.36. The Labute approximate surface area is 247 Å². The molecule has 4 aliphatic rings. The van der Waals surface area contributed by atoms with E-state index in [2.05, 4.69) is 0 Å². The predicted molar refractivity (Wildman–Crippen MR) is 159 cm³/mol. The van der Waals surface area contributed by atoms with Crippen molar-refractivity contribution in [2.75, 3.05) is 17.2 Å². The summed E-state index contributed by atoms with van der Waals surface area (Å²) >= 11 is 0. The second-order valence-corrected chi connectivity index (χ2v) is 12.1. The molecule has 4 aliphatic carbocycles. The zero-order valence-electron chi connectivity index (χ0n) is 23.4. The van der Waals surface area contributed by atoms with Gasteiger partial charge in [-0.1, -0.05) is 0 Å². The number of hydrogen-bond acceptors (Lipinski definition) is 6. The molecule has 222 valence electrons. The van der Waals surface area contributed by atoms with Crippen LogP contribution in [0.1, 0.15) is 43.6 Å². The summed E-state index contributed by atoms with van der Waals surface area (Å²) < 4.78 is 60.8. The van der Waals surface area contributed by atoms with Crippen LogP contribution in [0.3, 0.4) is 0 Å². The lowest BCUT2D eigenvalue weighted by Gasteiger charge is -2.54. The summed E-state index contributed by atoms with van der Waals surface area (Å²) in [6.07, 6.45) is 5.97. The van der Waals surface area contributed by atoms with E-state index in [4.69, 9.17) is 31.4 Å². The second kappa shape index (κ2) is 10.6. The molecule has 4 fully saturated rings. The third-order valence-corrected chi connectivity index (χ3v) is 9.25. The van der Waals surface area contributed by atoms with Gasteiger partial charge in [0.2, 0.25) is 0 Å². The van der Waals surface area contributed by atoms with E-state index in [-0.39, 0.29) is 34.5 Å². The molecule has 9 heteroatoms. The van der Waals surface area contributed by atoms with E-state index in [0.29, 0.717) is 34.8 Å². The van der Waals surface area contributed by atoms with E-state index in [1.54, 1.807) is 6.07 Å². The molecular formula is C34H32F3N3O3. The van der Waals surface area contributed by atoms with Gasteiger partial charge < -0.3 is 31.4 Å². The molecule has 6 N–H and O–H groups in total. The fourth-order valence-corrected chi connectivity index (χ4v) is 7.64. The molecular weight excluding hydrogens is 555 g/mol. The molecule has 0 heterocycles. The van der Waals surface area contributed by atoms with Gasteiger partial charge in [0.05, 0.1) is 17.1 Å². The van der Waals surface area contributed by atoms with Crippen molar-refractivity contribution in [2.45, 2.75) is 38.0 Å². The van der Waals surface area contributed by atoms with Crippen LogP contribution in [0.25, 0.3) is 0 Å². The van der Waals surface area contributed by atoms with Crippen molar-refractivity contribution >= 4 is 17.1 Å². The summed E-state index contributed by atoms with van der Waals surface area (Å²) in [4.78, 5) is 0. The molecule has 0 spiro atoms. The standard InChI is InChI=1S/C34H32F3N3O3/c35-25-4-1-21(12-28(25)38)41-31-16-33(43-23-3-6-27(37)30(40)14-23)32(42-22-2-5-26(36)29(39)13-22)15-24(31)34-19-8-17-7-18(10-19)11-20(34)9-17/h1-6,12-20,34H,7-11,38-40H2. The lowest BCUT2D eigenvalue weighted by Crippen LogP contribution is -2.43. The van der Waals surface area contributed by atoms with Gasteiger partial charge >= 0.3 is 0 Å². The van der Waals surface area contributed by atoms with E-state index in [0.717, 1.165) is 17.4 Å². The first-order valence-corrected chi connectivity index (χ1v) is 14.6. The Morgan fingerprint density at radius 3 is 1.30 bits per heavy atom. The van der Waals surface area contributed by atoms with Crippen LogP contribution in [0.2, 0.25) is 0 Å². The second-order valence-electron chi connectivity index (χ2n) is 12.1. The van der Waals surface area contributed by atoms with Crippen molar-refractivity contribution in [3.05, 3.63) is 89.7 Å². The van der Waals surface area contributed by atoms with Gasteiger partial charge in [0.25, 0.3) is 0 Å². The quantitative estimate of drug-likeness (QED) is 0.187. The predicted octanol–water partition coefficient (Wildman–Crippen LogP) is 8.77. The molecule has 0 aromatic heterocycles. The van der Waals surface area contributed by atoms with Gasteiger partial charge in [-0.2, -0.15) is 0 Å². The third kappa shape index (κ3) is 5.28.